The Morgan fingerprint density at radius 2 is 2.04 bits per heavy atom. The number of carbonyl (C=O) groups excluding carboxylic acids is 1. The van der Waals surface area contributed by atoms with Gasteiger partial charge in [0.15, 0.2) is 18.2 Å². The average Bonchev–Trinajstić information content (AvgIpc) is 2.54. The molecule has 0 saturated carbocycles. The molecular weight excluding hydrogens is 300 g/mol. The summed E-state index contributed by atoms with van der Waals surface area (Å²) in [6.07, 6.45) is 1.48. The highest BCUT2D eigenvalue weighted by molar-refractivity contribution is 5.96. The number of halogens is 2. The van der Waals surface area contributed by atoms with E-state index in [1.54, 1.807) is 23.1 Å². The van der Waals surface area contributed by atoms with Gasteiger partial charge in [-0.05, 0) is 55.7 Å². The average molecular weight is 317 g/mol. The molecular formula is C18H17F2NO2. The number of benzene rings is 2. The summed E-state index contributed by atoms with van der Waals surface area (Å²) in [5.41, 5.74) is 1.51. The van der Waals surface area contributed by atoms with E-state index in [0.29, 0.717) is 5.69 Å². The molecule has 23 heavy (non-hydrogen) atoms. The van der Waals surface area contributed by atoms with Crippen LogP contribution in [0.15, 0.2) is 42.5 Å². The summed E-state index contributed by atoms with van der Waals surface area (Å²) in [5.74, 6) is -1.04. The zero-order valence-electron chi connectivity index (χ0n) is 12.8. The van der Waals surface area contributed by atoms with Crippen LogP contribution in [0.1, 0.15) is 18.9 Å². The molecule has 3 rings (SSSR count). The molecule has 0 radical (unpaired) electrons. The maximum Gasteiger partial charge on any atom is 0.265 e. The Hall–Kier alpha value is -2.43. The summed E-state index contributed by atoms with van der Waals surface area (Å²) < 4.78 is 32.2. The molecule has 0 bridgehead atoms. The monoisotopic (exact) mass is 317 g/mol. The van der Waals surface area contributed by atoms with Crippen LogP contribution in [-0.4, -0.2) is 18.6 Å². The molecule has 1 aliphatic heterocycles. The second kappa shape index (κ2) is 6.36. The summed E-state index contributed by atoms with van der Waals surface area (Å²) in [6, 6.07) is 10.4. The van der Waals surface area contributed by atoms with Crippen molar-refractivity contribution in [3.8, 4) is 5.75 Å². The van der Waals surface area contributed by atoms with E-state index in [4.69, 9.17) is 4.74 Å². The second-order valence-electron chi connectivity index (χ2n) is 5.64. The largest absolute Gasteiger partial charge is 0.481 e. The summed E-state index contributed by atoms with van der Waals surface area (Å²) >= 11 is 0. The number of rotatable bonds is 3. The molecule has 0 aromatic heterocycles. The van der Waals surface area contributed by atoms with Gasteiger partial charge in [0.2, 0.25) is 0 Å². The number of para-hydroxylation sites is 1. The van der Waals surface area contributed by atoms with Crippen LogP contribution in [0.2, 0.25) is 0 Å². The molecule has 1 amide bonds. The number of carbonyl (C=O) groups is 1. The number of hydrogen-bond donors (Lipinski definition) is 0. The molecule has 2 aromatic carbocycles. The Bertz CT molecular complexity index is 733. The van der Waals surface area contributed by atoms with Crippen molar-refractivity contribution in [2.45, 2.75) is 25.8 Å². The first-order valence-corrected chi connectivity index (χ1v) is 7.54. The van der Waals surface area contributed by atoms with Crippen molar-refractivity contribution in [2.24, 2.45) is 0 Å². The molecule has 1 aliphatic rings. The van der Waals surface area contributed by atoms with Crippen LogP contribution in [0, 0.1) is 11.6 Å². The summed E-state index contributed by atoms with van der Waals surface area (Å²) in [4.78, 5) is 14.1. The fraction of sp³-hybridized carbons (Fsp3) is 0.278. The van der Waals surface area contributed by atoms with E-state index >= 15 is 0 Å². The van der Waals surface area contributed by atoms with E-state index in [2.05, 4.69) is 0 Å². The van der Waals surface area contributed by atoms with E-state index in [9.17, 15) is 13.6 Å². The molecule has 120 valence electrons. The lowest BCUT2D eigenvalue weighted by atomic mass is 9.96. The van der Waals surface area contributed by atoms with Crippen LogP contribution in [0.3, 0.4) is 0 Å². The van der Waals surface area contributed by atoms with Gasteiger partial charge in [-0.2, -0.15) is 0 Å². The standard InChI is InChI=1S/C18H17F2NO2/c1-12-6-7-13-10-14(19)8-9-16(13)21(12)18(22)11-23-17-5-3-2-4-15(17)20/h2-5,8-10,12H,6-7,11H2,1H3/t12-/m1/s1. The van der Waals surface area contributed by atoms with Crippen molar-refractivity contribution >= 4 is 11.6 Å². The summed E-state index contributed by atoms with van der Waals surface area (Å²) in [7, 11) is 0. The third kappa shape index (κ3) is 3.18. The minimum absolute atomic E-state index is 0.00955. The summed E-state index contributed by atoms with van der Waals surface area (Å²) in [5, 5.41) is 0. The SMILES string of the molecule is C[C@@H]1CCc2cc(F)ccc2N1C(=O)COc1ccccc1F. The predicted octanol–water partition coefficient (Wildman–Crippen LogP) is 3.71. The predicted molar refractivity (Wildman–Crippen MR) is 83.6 cm³/mol. The van der Waals surface area contributed by atoms with Crippen molar-refractivity contribution in [2.75, 3.05) is 11.5 Å². The highest BCUT2D eigenvalue weighted by Gasteiger charge is 2.28. The number of aryl methyl sites for hydroxylation is 1. The first-order valence-electron chi connectivity index (χ1n) is 7.54. The lowest BCUT2D eigenvalue weighted by Gasteiger charge is -2.35. The maximum atomic E-state index is 13.6. The van der Waals surface area contributed by atoms with Crippen LogP contribution in [0.5, 0.6) is 5.75 Å². The van der Waals surface area contributed by atoms with Crippen molar-refractivity contribution in [1.82, 2.24) is 0 Å². The van der Waals surface area contributed by atoms with Gasteiger partial charge >= 0.3 is 0 Å². The van der Waals surface area contributed by atoms with Gasteiger partial charge in [-0.3, -0.25) is 4.79 Å². The number of ether oxygens (including phenoxy) is 1. The number of anilines is 1. The molecule has 0 saturated heterocycles. The molecule has 3 nitrogen and oxygen atoms in total. The van der Waals surface area contributed by atoms with Crippen LogP contribution in [0.25, 0.3) is 0 Å². The van der Waals surface area contributed by atoms with Gasteiger partial charge in [0, 0.05) is 11.7 Å². The Morgan fingerprint density at radius 1 is 1.26 bits per heavy atom. The van der Waals surface area contributed by atoms with Gasteiger partial charge < -0.3 is 9.64 Å². The Morgan fingerprint density at radius 3 is 2.83 bits per heavy atom. The van der Waals surface area contributed by atoms with Crippen molar-refractivity contribution in [3.05, 3.63) is 59.7 Å². The number of hydrogen-bond acceptors (Lipinski definition) is 2. The van der Waals surface area contributed by atoms with Crippen LogP contribution < -0.4 is 9.64 Å². The molecule has 0 unspecified atom stereocenters. The van der Waals surface area contributed by atoms with Gasteiger partial charge in [-0.15, -0.1) is 0 Å². The Balaban J connectivity index is 1.78. The molecule has 0 fully saturated rings. The van der Waals surface area contributed by atoms with Gasteiger partial charge in [-0.1, -0.05) is 12.1 Å². The topological polar surface area (TPSA) is 29.5 Å². The first-order chi connectivity index (χ1) is 11.1. The third-order valence-corrected chi connectivity index (χ3v) is 4.03. The normalized spacial score (nSPS) is 16.8. The van der Waals surface area contributed by atoms with Gasteiger partial charge in [0.1, 0.15) is 5.82 Å². The van der Waals surface area contributed by atoms with Crippen molar-refractivity contribution < 1.29 is 18.3 Å². The lowest BCUT2D eigenvalue weighted by Crippen LogP contribution is -2.44. The molecule has 1 atom stereocenters. The fourth-order valence-corrected chi connectivity index (χ4v) is 2.87. The quantitative estimate of drug-likeness (QED) is 0.863. The van der Waals surface area contributed by atoms with E-state index in [-0.39, 0.29) is 30.1 Å². The van der Waals surface area contributed by atoms with Gasteiger partial charge in [0.25, 0.3) is 5.91 Å². The molecule has 5 heteroatoms. The number of nitrogens with zero attached hydrogens (tertiary/aromatic N) is 1. The molecule has 0 aliphatic carbocycles. The maximum absolute atomic E-state index is 13.6. The minimum Gasteiger partial charge on any atom is -0.481 e. The van der Waals surface area contributed by atoms with E-state index in [0.717, 1.165) is 18.4 Å². The zero-order valence-corrected chi connectivity index (χ0v) is 12.8. The first kappa shape index (κ1) is 15.5. The number of amides is 1. The summed E-state index contributed by atoms with van der Waals surface area (Å²) in [6.45, 7) is 1.68. The van der Waals surface area contributed by atoms with E-state index in [1.165, 1.54) is 24.3 Å². The Kier molecular flexibility index (Phi) is 4.28. The van der Waals surface area contributed by atoms with Crippen molar-refractivity contribution in [1.29, 1.82) is 0 Å². The Labute approximate surface area is 133 Å². The zero-order chi connectivity index (χ0) is 16.4. The molecule has 1 heterocycles. The van der Waals surface area contributed by atoms with Gasteiger partial charge in [0.05, 0.1) is 0 Å². The van der Waals surface area contributed by atoms with E-state index in [1.807, 2.05) is 6.92 Å². The van der Waals surface area contributed by atoms with Crippen LogP contribution >= 0.6 is 0 Å². The van der Waals surface area contributed by atoms with Gasteiger partial charge in [-0.25, -0.2) is 8.78 Å². The van der Waals surface area contributed by atoms with Crippen molar-refractivity contribution in [3.63, 3.8) is 0 Å². The van der Waals surface area contributed by atoms with Crippen LogP contribution in [0.4, 0.5) is 14.5 Å². The second-order valence-corrected chi connectivity index (χ2v) is 5.64. The molecule has 0 N–H and O–H groups in total. The smallest absolute Gasteiger partial charge is 0.265 e. The minimum atomic E-state index is -0.505. The van der Waals surface area contributed by atoms with E-state index < -0.39 is 5.82 Å². The fourth-order valence-electron chi connectivity index (χ4n) is 2.87. The highest BCUT2D eigenvalue weighted by atomic mass is 19.1. The number of fused-ring (bicyclic) bond motifs is 1. The highest BCUT2D eigenvalue weighted by Crippen LogP contribution is 2.31. The van der Waals surface area contributed by atoms with Crippen LogP contribution in [-0.2, 0) is 11.2 Å². The molecule has 0 spiro atoms. The molecule has 2 aromatic rings. The third-order valence-electron chi connectivity index (χ3n) is 4.03. The lowest BCUT2D eigenvalue weighted by molar-refractivity contribution is -0.121.